The zero-order valence-corrected chi connectivity index (χ0v) is 16.2. The normalized spacial score (nSPS) is 47.7. The Morgan fingerprint density at radius 1 is 1.00 bits per heavy atom. The number of piperidine rings is 1. The van der Waals surface area contributed by atoms with Crippen LogP contribution in [0.2, 0.25) is 0 Å². The van der Waals surface area contributed by atoms with Crippen molar-refractivity contribution in [2.75, 3.05) is 7.05 Å². The van der Waals surface area contributed by atoms with E-state index >= 15 is 0 Å². The van der Waals surface area contributed by atoms with Crippen molar-refractivity contribution < 1.29 is 19.5 Å². The number of carboxylic acids is 1. The van der Waals surface area contributed by atoms with Gasteiger partial charge in [-0.25, -0.2) is 4.79 Å². The molecule has 7 atom stereocenters. The van der Waals surface area contributed by atoms with Gasteiger partial charge in [0.25, 0.3) is 0 Å². The molecule has 0 aromatic carbocycles. The fourth-order valence-corrected chi connectivity index (χ4v) is 7.73. The summed E-state index contributed by atoms with van der Waals surface area (Å²) >= 11 is 0. The first-order valence-electron chi connectivity index (χ1n) is 10.2. The number of fused-ring (bicyclic) bond motifs is 5. The Balaban J connectivity index is 1.62. The highest BCUT2D eigenvalue weighted by molar-refractivity contribution is 6.33. The molecule has 4 rings (SSSR count). The fourth-order valence-electron chi connectivity index (χ4n) is 7.73. The molecule has 1 aliphatic heterocycles. The van der Waals surface area contributed by atoms with Crippen LogP contribution in [0.25, 0.3) is 0 Å². The summed E-state index contributed by atoms with van der Waals surface area (Å²) in [7, 11) is 1.97. The van der Waals surface area contributed by atoms with Gasteiger partial charge in [0.2, 0.25) is 11.7 Å². The minimum Gasteiger partial charge on any atom is -0.475 e. The third kappa shape index (κ3) is 2.24. The molecule has 3 unspecified atom stereocenters. The predicted molar refractivity (Wildman–Crippen MR) is 96.3 cm³/mol. The van der Waals surface area contributed by atoms with Crippen LogP contribution in [-0.2, 0) is 14.4 Å². The Labute approximate surface area is 155 Å². The first-order valence-corrected chi connectivity index (χ1v) is 10.2. The van der Waals surface area contributed by atoms with Gasteiger partial charge in [-0.15, -0.1) is 0 Å². The van der Waals surface area contributed by atoms with Gasteiger partial charge in [-0.2, -0.15) is 0 Å². The zero-order chi connectivity index (χ0) is 18.9. The van der Waals surface area contributed by atoms with Gasteiger partial charge < -0.3 is 10.0 Å². The highest BCUT2D eigenvalue weighted by atomic mass is 16.4. The number of carbonyl (C=O) groups is 3. The minimum absolute atomic E-state index is 0.157. The summed E-state index contributed by atoms with van der Waals surface area (Å²) in [5, 5.41) is 9.24. The van der Waals surface area contributed by atoms with E-state index in [0.29, 0.717) is 30.2 Å². The van der Waals surface area contributed by atoms with E-state index in [1.807, 2.05) is 11.9 Å². The molecule has 5 heteroatoms. The molecule has 0 aromatic heterocycles. The lowest BCUT2D eigenvalue weighted by atomic mass is 9.46. The van der Waals surface area contributed by atoms with E-state index in [4.69, 9.17) is 0 Å². The quantitative estimate of drug-likeness (QED) is 0.767. The van der Waals surface area contributed by atoms with Gasteiger partial charge >= 0.3 is 5.97 Å². The molecule has 3 aliphatic carbocycles. The molecule has 1 amide bonds. The summed E-state index contributed by atoms with van der Waals surface area (Å²) in [6, 6.07) is 0.340. The minimum atomic E-state index is -1.26. The van der Waals surface area contributed by atoms with Gasteiger partial charge in [0, 0.05) is 25.4 Å². The van der Waals surface area contributed by atoms with E-state index in [1.165, 1.54) is 0 Å². The summed E-state index contributed by atoms with van der Waals surface area (Å²) in [5.41, 5.74) is 0.0119. The van der Waals surface area contributed by atoms with Crippen molar-refractivity contribution in [3.63, 3.8) is 0 Å². The van der Waals surface area contributed by atoms with Crippen molar-refractivity contribution in [1.29, 1.82) is 0 Å². The number of rotatable bonds is 2. The monoisotopic (exact) mass is 361 g/mol. The standard InChI is InChI=1S/C21H31NO4/c1-20-10-8-14-12(13(20)5-6-15(20)18(24)19(25)26)4-7-16-21(14,2)11-9-17(23)22(16)3/h12-16H,4-11H2,1-3H3,(H,25,26)/t12?,13?,14?,15-,16-,20+,21-/m1/s1. The lowest BCUT2D eigenvalue weighted by Crippen LogP contribution is -2.61. The van der Waals surface area contributed by atoms with E-state index in [-0.39, 0.29) is 22.7 Å². The Kier molecular flexibility index (Phi) is 4.02. The third-order valence-corrected chi connectivity index (χ3v) is 9.08. The number of aliphatic carboxylic acids is 1. The molecule has 3 saturated carbocycles. The molecule has 1 N–H and O–H groups in total. The lowest BCUT2D eigenvalue weighted by molar-refractivity contribution is -0.162. The van der Waals surface area contributed by atoms with Crippen molar-refractivity contribution >= 4 is 17.7 Å². The maximum absolute atomic E-state index is 12.3. The summed E-state index contributed by atoms with van der Waals surface area (Å²) in [6.07, 6.45) is 7.50. The van der Waals surface area contributed by atoms with E-state index in [9.17, 15) is 19.5 Å². The Morgan fingerprint density at radius 2 is 1.69 bits per heavy atom. The van der Waals surface area contributed by atoms with Gasteiger partial charge in [0.15, 0.2) is 0 Å². The van der Waals surface area contributed by atoms with Crippen LogP contribution in [-0.4, -0.2) is 40.8 Å². The van der Waals surface area contributed by atoms with Gasteiger partial charge in [0.1, 0.15) is 0 Å². The van der Waals surface area contributed by atoms with Crippen LogP contribution >= 0.6 is 0 Å². The second-order valence-electron chi connectivity index (χ2n) is 9.82. The molecule has 4 aliphatic rings. The lowest BCUT2D eigenvalue weighted by Gasteiger charge is -2.61. The van der Waals surface area contributed by atoms with E-state index in [2.05, 4.69) is 13.8 Å². The molecule has 1 saturated heterocycles. The van der Waals surface area contributed by atoms with Crippen molar-refractivity contribution in [2.24, 2.45) is 34.5 Å². The first kappa shape index (κ1) is 18.0. The molecular weight excluding hydrogens is 330 g/mol. The first-order chi connectivity index (χ1) is 12.2. The summed E-state index contributed by atoms with van der Waals surface area (Å²) in [4.78, 5) is 37.8. The molecule has 144 valence electrons. The Morgan fingerprint density at radius 3 is 2.38 bits per heavy atom. The number of ketones is 1. The summed E-state index contributed by atoms with van der Waals surface area (Å²) < 4.78 is 0. The maximum Gasteiger partial charge on any atom is 0.372 e. The predicted octanol–water partition coefficient (Wildman–Crippen LogP) is 3.12. The molecule has 0 radical (unpaired) electrons. The molecule has 5 nitrogen and oxygen atoms in total. The number of carboxylic acid groups (broad SMARTS) is 1. The molecule has 0 aromatic rings. The second kappa shape index (κ2) is 5.80. The number of nitrogens with zero attached hydrogens (tertiary/aromatic N) is 1. The van der Waals surface area contributed by atoms with Gasteiger partial charge in [0.05, 0.1) is 0 Å². The highest BCUT2D eigenvalue weighted by Gasteiger charge is 2.62. The largest absolute Gasteiger partial charge is 0.475 e. The number of amides is 1. The highest BCUT2D eigenvalue weighted by Crippen LogP contribution is 2.66. The summed E-state index contributed by atoms with van der Waals surface area (Å²) in [5.74, 6) is -0.253. The maximum atomic E-state index is 12.3. The Hall–Kier alpha value is -1.39. The smallest absolute Gasteiger partial charge is 0.372 e. The van der Waals surface area contributed by atoms with Gasteiger partial charge in [-0.3, -0.25) is 9.59 Å². The number of hydrogen-bond donors (Lipinski definition) is 1. The van der Waals surface area contributed by atoms with Crippen molar-refractivity contribution in [2.45, 2.75) is 71.3 Å². The number of Topliss-reactive ketones (excluding diaryl/α,β-unsaturated/α-hetero) is 1. The molecule has 26 heavy (non-hydrogen) atoms. The SMILES string of the molecule is CN1C(=O)CC[C@]2(C)C3CC[C@@]4(C)C(CC[C@@H]4C(=O)C(=O)O)C3CC[C@@H]12. The van der Waals surface area contributed by atoms with Crippen molar-refractivity contribution in [3.05, 3.63) is 0 Å². The number of carbonyl (C=O) groups excluding carboxylic acids is 2. The van der Waals surface area contributed by atoms with Crippen LogP contribution in [0.3, 0.4) is 0 Å². The van der Waals surface area contributed by atoms with E-state index in [0.717, 1.165) is 44.9 Å². The second-order valence-corrected chi connectivity index (χ2v) is 9.82. The molecule has 0 spiro atoms. The topological polar surface area (TPSA) is 74.7 Å². The van der Waals surface area contributed by atoms with Crippen LogP contribution in [0.5, 0.6) is 0 Å². The zero-order valence-electron chi connectivity index (χ0n) is 16.2. The number of likely N-dealkylation sites (tertiary alicyclic amines) is 1. The third-order valence-electron chi connectivity index (χ3n) is 9.08. The van der Waals surface area contributed by atoms with Crippen LogP contribution in [0.4, 0.5) is 0 Å². The van der Waals surface area contributed by atoms with Crippen molar-refractivity contribution in [1.82, 2.24) is 4.90 Å². The fraction of sp³-hybridized carbons (Fsp3) is 0.857. The number of hydrogen-bond acceptors (Lipinski definition) is 3. The average molecular weight is 361 g/mol. The Bertz CT molecular complexity index is 660. The molecule has 1 heterocycles. The van der Waals surface area contributed by atoms with E-state index < -0.39 is 11.8 Å². The summed E-state index contributed by atoms with van der Waals surface area (Å²) in [6.45, 7) is 4.56. The molecular formula is C21H31NO4. The van der Waals surface area contributed by atoms with Crippen LogP contribution in [0.1, 0.15) is 65.2 Å². The molecule has 0 bridgehead atoms. The van der Waals surface area contributed by atoms with Gasteiger partial charge in [-0.05, 0) is 73.5 Å². The van der Waals surface area contributed by atoms with Crippen LogP contribution in [0.15, 0.2) is 0 Å². The van der Waals surface area contributed by atoms with Gasteiger partial charge in [-0.1, -0.05) is 13.8 Å². The molecule has 4 fully saturated rings. The van der Waals surface area contributed by atoms with Crippen molar-refractivity contribution in [3.8, 4) is 0 Å². The van der Waals surface area contributed by atoms with E-state index in [1.54, 1.807) is 0 Å². The average Bonchev–Trinajstić information content (AvgIpc) is 2.95. The van der Waals surface area contributed by atoms with Crippen LogP contribution in [0, 0.1) is 34.5 Å². The van der Waals surface area contributed by atoms with Crippen LogP contribution < -0.4 is 0 Å².